The van der Waals surface area contributed by atoms with Gasteiger partial charge in [-0.3, -0.25) is 4.79 Å². The third kappa shape index (κ3) is 5.00. The number of ether oxygens (including phenoxy) is 1. The fourth-order valence-electron chi connectivity index (χ4n) is 1.60. The Morgan fingerprint density at radius 2 is 1.95 bits per heavy atom. The second-order valence-electron chi connectivity index (χ2n) is 4.90. The Balaban J connectivity index is 2.72. The molecule has 0 aromatic heterocycles. The molecular formula is C14H17BrFNO4. The highest BCUT2D eigenvalue weighted by Gasteiger charge is 2.26. The molecule has 5 nitrogen and oxygen atoms in total. The second kappa shape index (κ2) is 7.40. The van der Waals surface area contributed by atoms with Crippen LogP contribution in [0.15, 0.2) is 22.7 Å². The molecular weight excluding hydrogens is 345 g/mol. The summed E-state index contributed by atoms with van der Waals surface area (Å²) in [6, 6.07) is 2.83. The number of carboxylic acids is 1. The second-order valence-corrected chi connectivity index (χ2v) is 5.76. The van der Waals surface area contributed by atoms with Crippen LogP contribution in [0.2, 0.25) is 0 Å². The zero-order chi connectivity index (χ0) is 16.2. The number of rotatable bonds is 6. The molecule has 21 heavy (non-hydrogen) atoms. The monoisotopic (exact) mass is 361 g/mol. The largest absolute Gasteiger partial charge is 0.480 e. The molecule has 0 aliphatic rings. The van der Waals surface area contributed by atoms with E-state index in [1.165, 1.54) is 25.1 Å². The molecule has 0 spiro atoms. The Morgan fingerprint density at radius 1 is 1.33 bits per heavy atom. The molecule has 7 heteroatoms. The first-order valence-electron chi connectivity index (χ1n) is 6.37. The summed E-state index contributed by atoms with van der Waals surface area (Å²) < 4.78 is 18.7. The standard InChI is InChI=1S/C14H17BrFNO4/c1-7(2)12(14(19)20)17-13(18)8(3)21-11-5-4-9(16)6-10(11)15/h4-8,12H,1-3H3,(H,17,18)(H,19,20)/t8?,12-/m1/s1. The molecule has 0 heterocycles. The van der Waals surface area contributed by atoms with E-state index in [4.69, 9.17) is 9.84 Å². The minimum absolute atomic E-state index is 0.254. The molecule has 2 atom stereocenters. The smallest absolute Gasteiger partial charge is 0.326 e. The van der Waals surface area contributed by atoms with Gasteiger partial charge in [-0.2, -0.15) is 0 Å². The van der Waals surface area contributed by atoms with Crippen molar-refractivity contribution in [3.8, 4) is 5.75 Å². The predicted octanol–water partition coefficient (Wildman–Crippen LogP) is 2.58. The fraction of sp³-hybridized carbons (Fsp3) is 0.429. The summed E-state index contributed by atoms with van der Waals surface area (Å²) in [5, 5.41) is 11.4. The van der Waals surface area contributed by atoms with Crippen molar-refractivity contribution in [3.05, 3.63) is 28.5 Å². The predicted molar refractivity (Wildman–Crippen MR) is 78.6 cm³/mol. The van der Waals surface area contributed by atoms with E-state index in [1.807, 2.05) is 0 Å². The van der Waals surface area contributed by atoms with Gasteiger partial charge in [-0.05, 0) is 47.0 Å². The van der Waals surface area contributed by atoms with E-state index in [0.717, 1.165) is 0 Å². The molecule has 1 rings (SSSR count). The minimum Gasteiger partial charge on any atom is -0.480 e. The van der Waals surface area contributed by atoms with Crippen molar-refractivity contribution in [3.63, 3.8) is 0 Å². The average Bonchev–Trinajstić information content (AvgIpc) is 2.37. The van der Waals surface area contributed by atoms with Crippen molar-refractivity contribution < 1.29 is 23.8 Å². The average molecular weight is 362 g/mol. The molecule has 1 amide bonds. The number of benzene rings is 1. The highest BCUT2D eigenvalue weighted by molar-refractivity contribution is 9.10. The summed E-state index contributed by atoms with van der Waals surface area (Å²) in [6.45, 7) is 4.88. The zero-order valence-electron chi connectivity index (χ0n) is 11.9. The van der Waals surface area contributed by atoms with Gasteiger partial charge in [-0.15, -0.1) is 0 Å². The van der Waals surface area contributed by atoms with Crippen LogP contribution in [0.5, 0.6) is 5.75 Å². The summed E-state index contributed by atoms with van der Waals surface area (Å²) >= 11 is 3.13. The van der Waals surface area contributed by atoms with Gasteiger partial charge in [0, 0.05) is 0 Å². The molecule has 0 aliphatic carbocycles. The summed E-state index contributed by atoms with van der Waals surface area (Å²) in [5.74, 6) is -2.04. The number of amides is 1. The van der Waals surface area contributed by atoms with Crippen LogP contribution in [-0.2, 0) is 9.59 Å². The summed E-state index contributed by atoms with van der Waals surface area (Å²) in [4.78, 5) is 23.0. The third-order valence-electron chi connectivity index (χ3n) is 2.80. The lowest BCUT2D eigenvalue weighted by molar-refractivity contribution is -0.144. The van der Waals surface area contributed by atoms with Gasteiger partial charge in [0.05, 0.1) is 4.47 Å². The van der Waals surface area contributed by atoms with Gasteiger partial charge in [-0.25, -0.2) is 9.18 Å². The number of carbonyl (C=O) groups is 2. The third-order valence-corrected chi connectivity index (χ3v) is 3.42. The van der Waals surface area contributed by atoms with Crippen LogP contribution in [0.3, 0.4) is 0 Å². The van der Waals surface area contributed by atoms with Crippen LogP contribution in [0.4, 0.5) is 4.39 Å². The molecule has 0 fully saturated rings. The van der Waals surface area contributed by atoms with E-state index < -0.39 is 29.8 Å². The maximum Gasteiger partial charge on any atom is 0.326 e. The van der Waals surface area contributed by atoms with Gasteiger partial charge in [0.25, 0.3) is 5.91 Å². The normalized spacial score (nSPS) is 13.6. The first kappa shape index (κ1) is 17.4. The van der Waals surface area contributed by atoms with Gasteiger partial charge in [0.2, 0.25) is 0 Å². The van der Waals surface area contributed by atoms with Crippen molar-refractivity contribution in [2.75, 3.05) is 0 Å². The topological polar surface area (TPSA) is 75.6 Å². The number of carbonyl (C=O) groups excluding carboxylic acids is 1. The first-order valence-corrected chi connectivity index (χ1v) is 7.16. The quantitative estimate of drug-likeness (QED) is 0.816. The molecule has 1 aromatic carbocycles. The molecule has 0 radical (unpaired) electrons. The highest BCUT2D eigenvalue weighted by Crippen LogP contribution is 2.26. The van der Waals surface area contributed by atoms with Gasteiger partial charge >= 0.3 is 5.97 Å². The number of hydrogen-bond donors (Lipinski definition) is 2. The Morgan fingerprint density at radius 3 is 2.43 bits per heavy atom. The highest BCUT2D eigenvalue weighted by atomic mass is 79.9. The Kier molecular flexibility index (Phi) is 6.14. The number of hydrogen-bond acceptors (Lipinski definition) is 3. The summed E-state index contributed by atoms with van der Waals surface area (Å²) in [7, 11) is 0. The lowest BCUT2D eigenvalue weighted by Crippen LogP contribution is -2.48. The van der Waals surface area contributed by atoms with E-state index in [-0.39, 0.29) is 5.92 Å². The maximum atomic E-state index is 13.0. The minimum atomic E-state index is -1.10. The van der Waals surface area contributed by atoms with Crippen molar-refractivity contribution in [1.82, 2.24) is 5.32 Å². The van der Waals surface area contributed by atoms with Crippen molar-refractivity contribution in [2.45, 2.75) is 32.9 Å². The lowest BCUT2D eigenvalue weighted by Gasteiger charge is -2.21. The van der Waals surface area contributed by atoms with E-state index in [2.05, 4.69) is 21.2 Å². The van der Waals surface area contributed by atoms with Crippen molar-refractivity contribution >= 4 is 27.8 Å². The Labute approximate surface area is 130 Å². The molecule has 0 saturated heterocycles. The molecule has 116 valence electrons. The van der Waals surface area contributed by atoms with Crippen LogP contribution in [0.25, 0.3) is 0 Å². The molecule has 1 aromatic rings. The Hall–Kier alpha value is -1.63. The number of carboxylic acid groups (broad SMARTS) is 1. The van der Waals surface area contributed by atoms with E-state index in [1.54, 1.807) is 13.8 Å². The van der Waals surface area contributed by atoms with Gasteiger partial charge in [0.1, 0.15) is 17.6 Å². The van der Waals surface area contributed by atoms with Crippen LogP contribution in [0.1, 0.15) is 20.8 Å². The van der Waals surface area contributed by atoms with Crippen molar-refractivity contribution in [2.24, 2.45) is 5.92 Å². The Bertz CT molecular complexity index is 536. The number of aliphatic carboxylic acids is 1. The van der Waals surface area contributed by atoms with Gasteiger partial charge in [-0.1, -0.05) is 13.8 Å². The van der Waals surface area contributed by atoms with E-state index in [0.29, 0.717) is 10.2 Å². The maximum absolute atomic E-state index is 13.0. The van der Waals surface area contributed by atoms with Crippen molar-refractivity contribution in [1.29, 1.82) is 0 Å². The van der Waals surface area contributed by atoms with Gasteiger partial charge in [0.15, 0.2) is 6.10 Å². The summed E-state index contributed by atoms with van der Waals surface area (Å²) in [5.41, 5.74) is 0. The molecule has 0 aliphatic heterocycles. The SMILES string of the molecule is CC(Oc1ccc(F)cc1Br)C(=O)N[C@@H](C(=O)O)C(C)C. The van der Waals surface area contributed by atoms with E-state index in [9.17, 15) is 14.0 Å². The van der Waals surface area contributed by atoms with Crippen LogP contribution < -0.4 is 10.1 Å². The molecule has 0 bridgehead atoms. The lowest BCUT2D eigenvalue weighted by atomic mass is 10.0. The number of nitrogens with one attached hydrogen (secondary N) is 1. The van der Waals surface area contributed by atoms with E-state index >= 15 is 0 Å². The first-order chi connectivity index (χ1) is 9.72. The summed E-state index contributed by atoms with van der Waals surface area (Å²) in [6.07, 6.45) is -0.910. The van der Waals surface area contributed by atoms with Crippen LogP contribution in [-0.4, -0.2) is 29.1 Å². The van der Waals surface area contributed by atoms with Crippen LogP contribution in [0, 0.1) is 11.7 Å². The molecule has 2 N–H and O–H groups in total. The molecule has 1 unspecified atom stereocenters. The molecule has 0 saturated carbocycles. The van der Waals surface area contributed by atoms with Gasteiger partial charge < -0.3 is 15.2 Å². The zero-order valence-corrected chi connectivity index (χ0v) is 13.5. The fourth-order valence-corrected chi connectivity index (χ4v) is 2.04. The van der Waals surface area contributed by atoms with Crippen LogP contribution >= 0.6 is 15.9 Å². The number of halogens is 2.